The molecule has 2 rings (SSSR count). The molecule has 2 aromatic rings. The fourth-order valence-corrected chi connectivity index (χ4v) is 1.52. The van der Waals surface area contributed by atoms with Crippen molar-refractivity contribution in [2.24, 2.45) is 0 Å². The molecular weight excluding hydrogens is 200 g/mol. The lowest BCUT2D eigenvalue weighted by atomic mass is 10.2. The van der Waals surface area contributed by atoms with E-state index in [9.17, 15) is 0 Å². The Morgan fingerprint density at radius 1 is 1.43 bits per heavy atom. The summed E-state index contributed by atoms with van der Waals surface area (Å²) in [7, 11) is 0. The van der Waals surface area contributed by atoms with Crippen LogP contribution in [-0.4, -0.2) is 16.6 Å². The lowest BCUT2D eigenvalue weighted by Crippen LogP contribution is -1.92. The Morgan fingerprint density at radius 3 is 3.07 bits per heavy atom. The van der Waals surface area contributed by atoms with Gasteiger partial charge < -0.3 is 4.74 Å². The largest absolute Gasteiger partial charge is 0.494 e. The summed E-state index contributed by atoms with van der Waals surface area (Å²) < 4.78 is 5.35. The van der Waals surface area contributed by atoms with E-state index >= 15 is 0 Å². The van der Waals surface area contributed by atoms with Crippen molar-refractivity contribution in [2.75, 3.05) is 6.61 Å². The Bertz CT molecular complexity index is 459. The maximum Gasteiger partial charge on any atom is 0.122 e. The molecule has 1 aromatic carbocycles. The molecule has 1 heterocycles. The maximum atomic E-state index is 6.04. The standard InChI is InChI=1S/C10H9ClN2O/c1-2-14-7-3-9(11)8-5-12-6-13-10(8)4-7/h3-6H,2H2,1H3. The molecule has 0 radical (unpaired) electrons. The van der Waals surface area contributed by atoms with Gasteiger partial charge in [-0.15, -0.1) is 0 Å². The molecule has 0 aliphatic heterocycles. The third kappa shape index (κ3) is 1.63. The van der Waals surface area contributed by atoms with Crippen LogP contribution in [0.3, 0.4) is 0 Å². The molecule has 0 aliphatic carbocycles. The SMILES string of the molecule is CCOc1cc(Cl)c2cncnc2c1. The number of benzene rings is 1. The average molecular weight is 209 g/mol. The van der Waals surface area contributed by atoms with Gasteiger partial charge in [-0.2, -0.15) is 0 Å². The summed E-state index contributed by atoms with van der Waals surface area (Å²) in [6.07, 6.45) is 3.19. The second-order valence-electron chi connectivity index (χ2n) is 2.79. The van der Waals surface area contributed by atoms with E-state index in [1.807, 2.05) is 13.0 Å². The highest BCUT2D eigenvalue weighted by atomic mass is 35.5. The Balaban J connectivity index is 2.60. The Hall–Kier alpha value is -1.35. The number of ether oxygens (including phenoxy) is 1. The number of fused-ring (bicyclic) bond motifs is 1. The summed E-state index contributed by atoms with van der Waals surface area (Å²) in [5.74, 6) is 0.740. The highest BCUT2D eigenvalue weighted by molar-refractivity contribution is 6.35. The van der Waals surface area contributed by atoms with E-state index in [1.165, 1.54) is 6.33 Å². The van der Waals surface area contributed by atoms with Crippen LogP contribution in [0.25, 0.3) is 10.9 Å². The first-order valence-electron chi connectivity index (χ1n) is 4.33. The molecule has 0 unspecified atom stereocenters. The van der Waals surface area contributed by atoms with E-state index in [1.54, 1.807) is 12.3 Å². The van der Waals surface area contributed by atoms with Gasteiger partial charge in [-0.05, 0) is 13.0 Å². The van der Waals surface area contributed by atoms with Crippen LogP contribution in [0, 0.1) is 0 Å². The maximum absolute atomic E-state index is 6.04. The van der Waals surface area contributed by atoms with Gasteiger partial charge in [0, 0.05) is 17.6 Å². The van der Waals surface area contributed by atoms with Crippen LogP contribution >= 0.6 is 11.6 Å². The lowest BCUT2D eigenvalue weighted by Gasteiger charge is -2.05. The second kappa shape index (κ2) is 3.80. The van der Waals surface area contributed by atoms with Crippen LogP contribution in [0.2, 0.25) is 5.02 Å². The Morgan fingerprint density at radius 2 is 2.29 bits per heavy atom. The molecule has 0 saturated heterocycles. The summed E-state index contributed by atoms with van der Waals surface area (Å²) in [5.41, 5.74) is 0.802. The molecule has 3 nitrogen and oxygen atoms in total. The van der Waals surface area contributed by atoms with E-state index in [-0.39, 0.29) is 0 Å². The van der Waals surface area contributed by atoms with E-state index in [4.69, 9.17) is 16.3 Å². The Kier molecular flexibility index (Phi) is 2.50. The van der Waals surface area contributed by atoms with Crippen molar-refractivity contribution in [2.45, 2.75) is 6.92 Å². The second-order valence-corrected chi connectivity index (χ2v) is 3.20. The van der Waals surface area contributed by atoms with Crippen LogP contribution < -0.4 is 4.74 Å². The predicted molar refractivity (Wildman–Crippen MR) is 55.7 cm³/mol. The van der Waals surface area contributed by atoms with Crippen molar-refractivity contribution < 1.29 is 4.74 Å². The Labute approximate surface area is 86.7 Å². The number of aromatic nitrogens is 2. The van der Waals surface area contributed by atoms with Gasteiger partial charge in [-0.3, -0.25) is 0 Å². The first-order chi connectivity index (χ1) is 6.81. The molecule has 14 heavy (non-hydrogen) atoms. The normalized spacial score (nSPS) is 10.4. The summed E-state index contributed by atoms with van der Waals surface area (Å²) in [5, 5.41) is 1.46. The van der Waals surface area contributed by atoms with Crippen LogP contribution in [-0.2, 0) is 0 Å². The van der Waals surface area contributed by atoms with Crippen molar-refractivity contribution in [3.8, 4) is 5.75 Å². The highest BCUT2D eigenvalue weighted by Gasteiger charge is 2.03. The lowest BCUT2D eigenvalue weighted by molar-refractivity contribution is 0.340. The van der Waals surface area contributed by atoms with Crippen LogP contribution in [0.15, 0.2) is 24.7 Å². The predicted octanol–water partition coefficient (Wildman–Crippen LogP) is 2.68. The number of hydrogen-bond acceptors (Lipinski definition) is 3. The van der Waals surface area contributed by atoms with Crippen LogP contribution in [0.4, 0.5) is 0 Å². The molecule has 0 N–H and O–H groups in total. The monoisotopic (exact) mass is 208 g/mol. The van der Waals surface area contributed by atoms with Gasteiger partial charge in [0.15, 0.2) is 0 Å². The summed E-state index contributed by atoms with van der Waals surface area (Å²) >= 11 is 6.04. The molecular formula is C10H9ClN2O. The summed E-state index contributed by atoms with van der Waals surface area (Å²) in [6.45, 7) is 2.55. The van der Waals surface area contributed by atoms with Crippen molar-refractivity contribution >= 4 is 22.5 Å². The molecule has 0 bridgehead atoms. The van der Waals surface area contributed by atoms with Crippen molar-refractivity contribution in [1.82, 2.24) is 9.97 Å². The zero-order valence-electron chi connectivity index (χ0n) is 7.70. The first-order valence-corrected chi connectivity index (χ1v) is 4.71. The van der Waals surface area contributed by atoms with Crippen molar-refractivity contribution in [3.63, 3.8) is 0 Å². The van der Waals surface area contributed by atoms with Gasteiger partial charge in [-0.1, -0.05) is 11.6 Å². The van der Waals surface area contributed by atoms with Gasteiger partial charge in [0.25, 0.3) is 0 Å². The zero-order valence-corrected chi connectivity index (χ0v) is 8.45. The fraction of sp³-hybridized carbons (Fsp3) is 0.200. The number of hydrogen-bond donors (Lipinski definition) is 0. The average Bonchev–Trinajstić information content (AvgIpc) is 2.18. The first kappa shape index (κ1) is 9.21. The molecule has 4 heteroatoms. The number of halogens is 1. The van der Waals surface area contributed by atoms with Crippen LogP contribution in [0.1, 0.15) is 6.92 Å². The smallest absolute Gasteiger partial charge is 0.122 e. The minimum absolute atomic E-state index is 0.617. The van der Waals surface area contributed by atoms with Crippen molar-refractivity contribution in [3.05, 3.63) is 29.7 Å². The summed E-state index contributed by atoms with van der Waals surface area (Å²) in [4.78, 5) is 8.02. The highest BCUT2D eigenvalue weighted by Crippen LogP contribution is 2.26. The quantitative estimate of drug-likeness (QED) is 0.761. The topological polar surface area (TPSA) is 35.0 Å². The van der Waals surface area contributed by atoms with Gasteiger partial charge >= 0.3 is 0 Å². The number of rotatable bonds is 2. The van der Waals surface area contributed by atoms with Gasteiger partial charge in [0.2, 0.25) is 0 Å². The molecule has 0 aliphatic rings. The molecule has 72 valence electrons. The van der Waals surface area contributed by atoms with Gasteiger partial charge in [0.05, 0.1) is 17.1 Å². The van der Waals surface area contributed by atoms with E-state index < -0.39 is 0 Å². The van der Waals surface area contributed by atoms with E-state index in [2.05, 4.69) is 9.97 Å². The van der Waals surface area contributed by atoms with Crippen LogP contribution in [0.5, 0.6) is 5.75 Å². The third-order valence-electron chi connectivity index (χ3n) is 1.86. The minimum Gasteiger partial charge on any atom is -0.494 e. The fourth-order valence-electron chi connectivity index (χ4n) is 1.27. The molecule has 0 saturated carbocycles. The molecule has 0 spiro atoms. The zero-order chi connectivity index (χ0) is 9.97. The van der Waals surface area contributed by atoms with Crippen molar-refractivity contribution in [1.29, 1.82) is 0 Å². The minimum atomic E-state index is 0.617. The van der Waals surface area contributed by atoms with Gasteiger partial charge in [-0.25, -0.2) is 9.97 Å². The summed E-state index contributed by atoms with van der Waals surface area (Å²) in [6, 6.07) is 3.63. The number of nitrogens with zero attached hydrogens (tertiary/aromatic N) is 2. The van der Waals surface area contributed by atoms with Gasteiger partial charge in [0.1, 0.15) is 12.1 Å². The molecule has 0 fully saturated rings. The molecule has 0 amide bonds. The van der Waals surface area contributed by atoms with E-state index in [0.717, 1.165) is 16.7 Å². The van der Waals surface area contributed by atoms with E-state index in [0.29, 0.717) is 11.6 Å². The third-order valence-corrected chi connectivity index (χ3v) is 2.17. The molecule has 1 aromatic heterocycles. The molecule has 0 atom stereocenters.